The molecular formula is C14H15ClN6O. The van der Waals surface area contributed by atoms with Crippen molar-refractivity contribution in [3.63, 3.8) is 0 Å². The van der Waals surface area contributed by atoms with Crippen molar-refractivity contribution >= 4 is 28.5 Å². The van der Waals surface area contributed by atoms with Crippen molar-refractivity contribution in [2.75, 3.05) is 6.54 Å². The summed E-state index contributed by atoms with van der Waals surface area (Å²) in [6.07, 6.45) is 4.05. The lowest BCUT2D eigenvalue weighted by atomic mass is 10.3. The molecule has 0 atom stereocenters. The summed E-state index contributed by atoms with van der Waals surface area (Å²) in [5.74, 6) is 0.809. The Morgan fingerprint density at radius 1 is 1.41 bits per heavy atom. The molecule has 0 spiro atoms. The number of aryl methyl sites for hydroxylation is 1. The number of fused-ring (bicyclic) bond motifs is 1. The van der Waals surface area contributed by atoms with Crippen LogP contribution in [0.25, 0.3) is 11.0 Å². The molecule has 0 aliphatic heterocycles. The first kappa shape index (κ1) is 14.5. The number of benzene rings is 1. The van der Waals surface area contributed by atoms with Crippen LogP contribution in [0, 0.1) is 0 Å². The Morgan fingerprint density at radius 3 is 3.14 bits per heavy atom. The third-order valence-corrected chi connectivity index (χ3v) is 3.45. The summed E-state index contributed by atoms with van der Waals surface area (Å²) in [7, 11) is 0. The van der Waals surface area contributed by atoms with Gasteiger partial charge in [0.25, 0.3) is 0 Å². The molecule has 0 aliphatic carbocycles. The van der Waals surface area contributed by atoms with Crippen molar-refractivity contribution in [3.05, 3.63) is 41.7 Å². The average molecular weight is 319 g/mol. The average Bonchev–Trinajstić information content (AvgIpc) is 3.13. The van der Waals surface area contributed by atoms with Gasteiger partial charge in [0.2, 0.25) is 5.91 Å². The Morgan fingerprint density at radius 2 is 2.32 bits per heavy atom. The highest BCUT2D eigenvalue weighted by atomic mass is 35.5. The Bertz CT molecular complexity index is 767. The number of nitrogens with zero attached hydrogens (tertiary/aromatic N) is 4. The van der Waals surface area contributed by atoms with Crippen LogP contribution in [0.5, 0.6) is 0 Å². The van der Waals surface area contributed by atoms with E-state index in [0.29, 0.717) is 31.0 Å². The van der Waals surface area contributed by atoms with Crippen molar-refractivity contribution in [1.82, 2.24) is 30.0 Å². The molecule has 2 N–H and O–H groups in total. The van der Waals surface area contributed by atoms with E-state index in [1.807, 2.05) is 12.1 Å². The minimum atomic E-state index is -0.0188. The van der Waals surface area contributed by atoms with Crippen molar-refractivity contribution in [2.24, 2.45) is 0 Å². The van der Waals surface area contributed by atoms with E-state index in [0.717, 1.165) is 16.9 Å². The highest BCUT2D eigenvalue weighted by Gasteiger charge is 2.05. The molecule has 2 aromatic heterocycles. The third-order valence-electron chi connectivity index (χ3n) is 3.21. The van der Waals surface area contributed by atoms with Crippen LogP contribution < -0.4 is 5.32 Å². The van der Waals surface area contributed by atoms with E-state index in [4.69, 9.17) is 11.6 Å². The molecule has 0 unspecified atom stereocenters. The van der Waals surface area contributed by atoms with Gasteiger partial charge >= 0.3 is 0 Å². The standard InChI is InChI=1S/C14H15ClN6O/c15-10-1-2-11-12(7-10)20-13(19-11)3-5-17-14(22)4-6-21-9-16-8-18-21/h1-2,7-9H,3-6H2,(H,17,22)(H,19,20). The number of hydrogen-bond donors (Lipinski definition) is 2. The zero-order valence-corrected chi connectivity index (χ0v) is 12.5. The van der Waals surface area contributed by atoms with E-state index < -0.39 is 0 Å². The lowest BCUT2D eigenvalue weighted by molar-refractivity contribution is -0.121. The van der Waals surface area contributed by atoms with Crippen LogP contribution in [-0.4, -0.2) is 37.2 Å². The molecule has 0 radical (unpaired) electrons. The molecule has 0 saturated carbocycles. The number of rotatable bonds is 6. The number of amides is 1. The van der Waals surface area contributed by atoms with Crippen LogP contribution in [0.4, 0.5) is 0 Å². The number of carbonyl (C=O) groups excluding carboxylic acids is 1. The van der Waals surface area contributed by atoms with Crippen molar-refractivity contribution in [1.29, 1.82) is 0 Å². The first-order chi connectivity index (χ1) is 10.7. The molecule has 7 nitrogen and oxygen atoms in total. The molecule has 0 aliphatic rings. The molecule has 2 heterocycles. The van der Waals surface area contributed by atoms with Gasteiger partial charge < -0.3 is 10.3 Å². The minimum absolute atomic E-state index is 0.0188. The van der Waals surface area contributed by atoms with E-state index in [2.05, 4.69) is 25.4 Å². The van der Waals surface area contributed by atoms with Crippen molar-refractivity contribution in [2.45, 2.75) is 19.4 Å². The van der Waals surface area contributed by atoms with E-state index in [1.54, 1.807) is 17.1 Å². The normalized spacial score (nSPS) is 11.0. The van der Waals surface area contributed by atoms with Gasteiger partial charge in [0, 0.05) is 24.4 Å². The van der Waals surface area contributed by atoms with Crippen LogP contribution in [0.3, 0.4) is 0 Å². The van der Waals surface area contributed by atoms with E-state index in [9.17, 15) is 4.79 Å². The van der Waals surface area contributed by atoms with Gasteiger partial charge in [-0.2, -0.15) is 5.10 Å². The summed E-state index contributed by atoms with van der Waals surface area (Å²) in [4.78, 5) is 23.2. The van der Waals surface area contributed by atoms with Crippen LogP contribution in [-0.2, 0) is 17.8 Å². The number of H-pyrrole nitrogens is 1. The third kappa shape index (κ3) is 3.62. The van der Waals surface area contributed by atoms with Crippen molar-refractivity contribution in [3.8, 4) is 0 Å². The molecule has 22 heavy (non-hydrogen) atoms. The van der Waals surface area contributed by atoms with Crippen LogP contribution >= 0.6 is 11.6 Å². The molecule has 0 bridgehead atoms. The van der Waals surface area contributed by atoms with Crippen molar-refractivity contribution < 1.29 is 4.79 Å². The second-order valence-corrected chi connectivity index (χ2v) is 5.29. The maximum atomic E-state index is 11.7. The molecule has 0 fully saturated rings. The molecule has 3 aromatic rings. The Labute approximate surface area is 131 Å². The number of imidazole rings is 1. The second kappa shape index (κ2) is 6.57. The number of aromatic nitrogens is 5. The quantitative estimate of drug-likeness (QED) is 0.722. The predicted octanol–water partition coefficient (Wildman–Crippen LogP) is 1.56. The largest absolute Gasteiger partial charge is 0.356 e. The van der Waals surface area contributed by atoms with Gasteiger partial charge in [-0.25, -0.2) is 9.97 Å². The van der Waals surface area contributed by atoms with Gasteiger partial charge in [-0.05, 0) is 18.2 Å². The van der Waals surface area contributed by atoms with E-state index in [1.165, 1.54) is 6.33 Å². The fraction of sp³-hybridized carbons (Fsp3) is 0.286. The SMILES string of the molecule is O=C(CCn1cncn1)NCCc1nc2ccc(Cl)cc2[nH]1. The second-order valence-electron chi connectivity index (χ2n) is 4.85. The van der Waals surface area contributed by atoms with Gasteiger partial charge in [-0.1, -0.05) is 11.6 Å². The molecule has 1 amide bonds. The monoisotopic (exact) mass is 318 g/mol. The Hall–Kier alpha value is -2.41. The van der Waals surface area contributed by atoms with E-state index >= 15 is 0 Å². The van der Waals surface area contributed by atoms with Gasteiger partial charge in [-0.15, -0.1) is 0 Å². The number of carbonyl (C=O) groups is 1. The van der Waals surface area contributed by atoms with E-state index in [-0.39, 0.29) is 5.91 Å². The summed E-state index contributed by atoms with van der Waals surface area (Å²) in [5, 5.41) is 7.48. The molecule has 1 aromatic carbocycles. The van der Waals surface area contributed by atoms with Gasteiger partial charge in [0.05, 0.1) is 17.6 Å². The van der Waals surface area contributed by atoms with Crippen LogP contribution in [0.1, 0.15) is 12.2 Å². The Kier molecular flexibility index (Phi) is 4.34. The zero-order valence-electron chi connectivity index (χ0n) is 11.8. The summed E-state index contributed by atoms with van der Waals surface area (Å²) < 4.78 is 1.63. The molecular weight excluding hydrogens is 304 g/mol. The number of halogens is 1. The first-order valence-corrected chi connectivity index (χ1v) is 7.32. The topological polar surface area (TPSA) is 88.5 Å². The lowest BCUT2D eigenvalue weighted by Crippen LogP contribution is -2.26. The zero-order chi connectivity index (χ0) is 15.4. The smallest absolute Gasteiger partial charge is 0.221 e. The minimum Gasteiger partial charge on any atom is -0.356 e. The van der Waals surface area contributed by atoms with Crippen LogP contribution in [0.2, 0.25) is 5.02 Å². The highest BCUT2D eigenvalue weighted by molar-refractivity contribution is 6.31. The lowest BCUT2D eigenvalue weighted by Gasteiger charge is -2.03. The van der Waals surface area contributed by atoms with Crippen LogP contribution in [0.15, 0.2) is 30.9 Å². The number of nitrogens with one attached hydrogen (secondary N) is 2. The summed E-state index contributed by atoms with van der Waals surface area (Å²) in [5.41, 5.74) is 1.77. The summed E-state index contributed by atoms with van der Waals surface area (Å²) >= 11 is 5.93. The number of hydrogen-bond acceptors (Lipinski definition) is 4. The molecule has 0 saturated heterocycles. The first-order valence-electron chi connectivity index (χ1n) is 6.94. The number of aromatic amines is 1. The molecule has 114 valence electrons. The summed E-state index contributed by atoms with van der Waals surface area (Å²) in [6, 6.07) is 5.51. The molecule has 3 rings (SSSR count). The fourth-order valence-electron chi connectivity index (χ4n) is 2.13. The van der Waals surface area contributed by atoms with Gasteiger partial charge in [-0.3, -0.25) is 9.48 Å². The summed E-state index contributed by atoms with van der Waals surface area (Å²) in [6.45, 7) is 1.05. The maximum Gasteiger partial charge on any atom is 0.221 e. The fourth-order valence-corrected chi connectivity index (χ4v) is 2.30. The predicted molar refractivity (Wildman–Crippen MR) is 82.5 cm³/mol. The van der Waals surface area contributed by atoms with Gasteiger partial charge in [0.15, 0.2) is 0 Å². The van der Waals surface area contributed by atoms with Gasteiger partial charge in [0.1, 0.15) is 18.5 Å². The Balaban J connectivity index is 1.46. The highest BCUT2D eigenvalue weighted by Crippen LogP contribution is 2.17. The maximum absolute atomic E-state index is 11.7. The molecule has 8 heteroatoms.